The van der Waals surface area contributed by atoms with Gasteiger partial charge in [-0.1, -0.05) is 49.2 Å². The van der Waals surface area contributed by atoms with Crippen molar-refractivity contribution < 1.29 is 9.57 Å². The van der Waals surface area contributed by atoms with E-state index in [0.29, 0.717) is 0 Å². The van der Waals surface area contributed by atoms with E-state index >= 15 is 0 Å². The van der Waals surface area contributed by atoms with Gasteiger partial charge in [0.15, 0.2) is 0 Å². The Bertz CT molecular complexity index is 629. The molecule has 2 aromatic carbocycles. The van der Waals surface area contributed by atoms with Crippen LogP contribution in [0, 0.1) is 0 Å². The molecule has 0 fully saturated rings. The highest BCUT2D eigenvalue weighted by Crippen LogP contribution is 2.45. The molecule has 0 saturated heterocycles. The minimum absolute atomic E-state index is 0.0251. The SMILES string of the molecule is CCCC1Oc2c(cc(Cl)c3ccccc23)C1NOC. The zero-order chi connectivity index (χ0) is 14.1. The molecule has 2 aromatic rings. The van der Waals surface area contributed by atoms with Crippen LogP contribution in [0.1, 0.15) is 31.4 Å². The molecule has 0 saturated carbocycles. The molecule has 0 aliphatic carbocycles. The maximum atomic E-state index is 6.41. The summed E-state index contributed by atoms with van der Waals surface area (Å²) in [6.07, 6.45) is 2.12. The summed E-state index contributed by atoms with van der Waals surface area (Å²) in [5, 5.41) is 2.85. The zero-order valence-corrected chi connectivity index (χ0v) is 12.4. The fraction of sp³-hybridized carbons (Fsp3) is 0.375. The van der Waals surface area contributed by atoms with Crippen LogP contribution >= 0.6 is 11.6 Å². The fourth-order valence-electron chi connectivity index (χ4n) is 2.88. The summed E-state index contributed by atoms with van der Waals surface area (Å²) < 4.78 is 6.18. The van der Waals surface area contributed by atoms with Crippen molar-refractivity contribution in [2.45, 2.75) is 31.9 Å². The molecule has 3 rings (SSSR count). The molecule has 2 unspecified atom stereocenters. The Labute approximate surface area is 123 Å². The molecule has 0 aromatic heterocycles. The van der Waals surface area contributed by atoms with Gasteiger partial charge in [0, 0.05) is 21.4 Å². The van der Waals surface area contributed by atoms with Crippen molar-refractivity contribution in [3.8, 4) is 5.75 Å². The van der Waals surface area contributed by atoms with E-state index < -0.39 is 0 Å². The second-order valence-corrected chi connectivity index (χ2v) is 5.47. The number of fused-ring (bicyclic) bond motifs is 3. The first-order chi connectivity index (χ1) is 9.76. The van der Waals surface area contributed by atoms with Crippen LogP contribution in [0.2, 0.25) is 5.02 Å². The smallest absolute Gasteiger partial charge is 0.132 e. The van der Waals surface area contributed by atoms with Crippen molar-refractivity contribution in [1.82, 2.24) is 5.48 Å². The number of hydroxylamine groups is 1. The highest BCUT2D eigenvalue weighted by molar-refractivity contribution is 6.36. The van der Waals surface area contributed by atoms with E-state index in [0.717, 1.165) is 39.9 Å². The van der Waals surface area contributed by atoms with Crippen LogP contribution in [0.4, 0.5) is 0 Å². The Morgan fingerprint density at radius 3 is 2.75 bits per heavy atom. The van der Waals surface area contributed by atoms with Gasteiger partial charge in [-0.15, -0.1) is 0 Å². The lowest BCUT2D eigenvalue weighted by atomic mass is 9.98. The Morgan fingerprint density at radius 2 is 2.05 bits per heavy atom. The van der Waals surface area contributed by atoms with E-state index in [1.165, 1.54) is 0 Å². The van der Waals surface area contributed by atoms with E-state index in [9.17, 15) is 0 Å². The van der Waals surface area contributed by atoms with Crippen LogP contribution in [-0.2, 0) is 4.84 Å². The predicted molar refractivity (Wildman–Crippen MR) is 81.2 cm³/mol. The van der Waals surface area contributed by atoms with Gasteiger partial charge in [-0.3, -0.25) is 0 Å². The first-order valence-electron chi connectivity index (χ1n) is 6.92. The van der Waals surface area contributed by atoms with Gasteiger partial charge in [-0.25, -0.2) is 0 Å². The number of halogens is 1. The summed E-state index contributed by atoms with van der Waals surface area (Å²) in [5.74, 6) is 0.929. The van der Waals surface area contributed by atoms with E-state index in [1.54, 1.807) is 7.11 Å². The molecular weight excluding hydrogens is 274 g/mol. The third-order valence-corrected chi connectivity index (χ3v) is 4.08. The molecule has 4 heteroatoms. The highest BCUT2D eigenvalue weighted by atomic mass is 35.5. The van der Waals surface area contributed by atoms with Crippen molar-refractivity contribution in [3.05, 3.63) is 40.9 Å². The first-order valence-corrected chi connectivity index (χ1v) is 7.30. The largest absolute Gasteiger partial charge is 0.487 e. The topological polar surface area (TPSA) is 30.5 Å². The summed E-state index contributed by atoms with van der Waals surface area (Å²) in [6, 6.07) is 10.1. The normalized spacial score (nSPS) is 20.9. The van der Waals surface area contributed by atoms with Gasteiger partial charge in [0.25, 0.3) is 0 Å². The number of rotatable bonds is 4. The third kappa shape index (κ3) is 2.16. The molecule has 0 radical (unpaired) electrons. The molecule has 0 spiro atoms. The van der Waals surface area contributed by atoms with Crippen molar-refractivity contribution in [2.24, 2.45) is 0 Å². The average Bonchev–Trinajstić information content (AvgIpc) is 2.79. The second-order valence-electron chi connectivity index (χ2n) is 5.07. The molecular formula is C16H18ClNO2. The van der Waals surface area contributed by atoms with Crippen molar-refractivity contribution in [2.75, 3.05) is 7.11 Å². The van der Waals surface area contributed by atoms with Crippen LogP contribution in [0.15, 0.2) is 30.3 Å². The summed E-state index contributed by atoms with van der Waals surface area (Å²) in [5.41, 5.74) is 4.12. The number of nitrogens with one attached hydrogen (secondary N) is 1. The zero-order valence-electron chi connectivity index (χ0n) is 11.7. The standard InChI is InChI=1S/C16H18ClNO2/c1-3-6-14-15(18-19-2)12-9-13(17)10-7-4-5-8-11(10)16(12)20-14/h4-5,7-9,14-15,18H,3,6H2,1-2H3. The number of hydrogen-bond donors (Lipinski definition) is 1. The van der Waals surface area contributed by atoms with Gasteiger partial charge in [-0.2, -0.15) is 5.48 Å². The minimum atomic E-state index is 0.0251. The second kappa shape index (κ2) is 5.60. The Balaban J connectivity index is 2.14. The summed E-state index contributed by atoms with van der Waals surface area (Å²) >= 11 is 6.41. The molecule has 1 N–H and O–H groups in total. The molecule has 0 bridgehead atoms. The lowest BCUT2D eigenvalue weighted by Crippen LogP contribution is -2.30. The molecule has 1 aliphatic heterocycles. The maximum Gasteiger partial charge on any atom is 0.132 e. The lowest BCUT2D eigenvalue weighted by molar-refractivity contribution is 0.0271. The molecule has 0 amide bonds. The molecule has 2 atom stereocenters. The van der Waals surface area contributed by atoms with Crippen LogP contribution < -0.4 is 10.2 Å². The van der Waals surface area contributed by atoms with E-state index in [1.807, 2.05) is 24.3 Å². The van der Waals surface area contributed by atoms with E-state index in [4.69, 9.17) is 21.2 Å². The Hall–Kier alpha value is -1.29. The molecule has 1 heterocycles. The van der Waals surface area contributed by atoms with Gasteiger partial charge in [-0.05, 0) is 12.5 Å². The molecule has 20 heavy (non-hydrogen) atoms. The number of benzene rings is 2. The van der Waals surface area contributed by atoms with Gasteiger partial charge >= 0.3 is 0 Å². The van der Waals surface area contributed by atoms with Crippen molar-refractivity contribution >= 4 is 22.4 Å². The Kier molecular flexibility index (Phi) is 3.83. The Morgan fingerprint density at radius 1 is 1.30 bits per heavy atom. The summed E-state index contributed by atoms with van der Waals surface area (Å²) in [6.45, 7) is 2.15. The van der Waals surface area contributed by atoms with Gasteiger partial charge in [0.2, 0.25) is 0 Å². The number of hydrogen-bond acceptors (Lipinski definition) is 3. The number of ether oxygens (including phenoxy) is 1. The molecule has 1 aliphatic rings. The summed E-state index contributed by atoms with van der Waals surface area (Å²) in [7, 11) is 1.63. The quantitative estimate of drug-likeness (QED) is 0.855. The van der Waals surface area contributed by atoms with Crippen LogP contribution in [0.5, 0.6) is 5.75 Å². The third-order valence-electron chi connectivity index (χ3n) is 3.77. The molecule has 3 nitrogen and oxygen atoms in total. The van der Waals surface area contributed by atoms with Gasteiger partial charge in [0.1, 0.15) is 11.9 Å². The predicted octanol–water partition coefficient (Wildman–Crippen LogP) is 4.25. The fourth-order valence-corrected chi connectivity index (χ4v) is 3.17. The summed E-state index contributed by atoms with van der Waals surface area (Å²) in [4.78, 5) is 5.14. The minimum Gasteiger partial charge on any atom is -0.487 e. The maximum absolute atomic E-state index is 6.41. The van der Waals surface area contributed by atoms with Gasteiger partial charge in [0.05, 0.1) is 13.2 Å². The van der Waals surface area contributed by atoms with E-state index in [2.05, 4.69) is 18.5 Å². The lowest BCUT2D eigenvalue weighted by Gasteiger charge is -2.18. The molecule has 106 valence electrons. The highest BCUT2D eigenvalue weighted by Gasteiger charge is 2.35. The van der Waals surface area contributed by atoms with E-state index in [-0.39, 0.29) is 12.1 Å². The average molecular weight is 292 g/mol. The monoisotopic (exact) mass is 291 g/mol. The first kappa shape index (κ1) is 13.7. The van der Waals surface area contributed by atoms with Crippen molar-refractivity contribution in [3.63, 3.8) is 0 Å². The van der Waals surface area contributed by atoms with Gasteiger partial charge < -0.3 is 9.57 Å². The van der Waals surface area contributed by atoms with Crippen molar-refractivity contribution in [1.29, 1.82) is 0 Å². The van der Waals surface area contributed by atoms with Crippen LogP contribution in [0.25, 0.3) is 10.8 Å². The van der Waals surface area contributed by atoms with Crippen LogP contribution in [0.3, 0.4) is 0 Å². The van der Waals surface area contributed by atoms with Crippen LogP contribution in [-0.4, -0.2) is 13.2 Å².